The number of amides is 1. The number of halogens is 3. The highest BCUT2D eigenvalue weighted by atomic mass is 19.4. The normalized spacial score (nSPS) is 15.2. The van der Waals surface area contributed by atoms with E-state index < -0.39 is 17.3 Å². The fourth-order valence-corrected chi connectivity index (χ4v) is 2.42. The molecule has 0 saturated carbocycles. The van der Waals surface area contributed by atoms with Crippen molar-refractivity contribution in [2.24, 2.45) is 0 Å². The summed E-state index contributed by atoms with van der Waals surface area (Å²) in [5, 5.41) is 12.1. The Balaban J connectivity index is 2.12. The summed E-state index contributed by atoms with van der Waals surface area (Å²) in [5.74, 6) is -0.0904. The Labute approximate surface area is 132 Å². The maximum Gasteiger partial charge on any atom is 0.417 e. The molecule has 23 heavy (non-hydrogen) atoms. The van der Waals surface area contributed by atoms with Crippen LogP contribution in [-0.2, 0) is 11.0 Å². The number of nitrogens with one attached hydrogen (secondary N) is 1. The number of hydrogen-bond donors (Lipinski definition) is 1. The zero-order valence-corrected chi connectivity index (χ0v) is 12.7. The first-order chi connectivity index (χ1) is 10.8. The van der Waals surface area contributed by atoms with E-state index in [4.69, 9.17) is 5.26 Å². The third-order valence-electron chi connectivity index (χ3n) is 3.71. The first kappa shape index (κ1) is 17.1. The number of benzene rings is 1. The Morgan fingerprint density at radius 2 is 2.04 bits per heavy atom. The minimum Gasteiger partial charge on any atom is -0.365 e. The number of piperazine rings is 1. The summed E-state index contributed by atoms with van der Waals surface area (Å²) in [5.41, 5.74) is -1.01. The van der Waals surface area contributed by atoms with Gasteiger partial charge in [-0.3, -0.25) is 4.79 Å². The molecule has 0 bridgehead atoms. The monoisotopic (exact) mass is 326 g/mol. The zero-order chi connectivity index (χ0) is 17.0. The van der Waals surface area contributed by atoms with Crippen LogP contribution in [0.4, 0.5) is 18.9 Å². The zero-order valence-electron chi connectivity index (χ0n) is 12.7. The van der Waals surface area contributed by atoms with Crippen molar-refractivity contribution in [3.05, 3.63) is 29.3 Å². The number of carbonyl (C=O) groups excluding carboxylic acids is 1. The maximum atomic E-state index is 12.8. The van der Waals surface area contributed by atoms with Gasteiger partial charge in [0.2, 0.25) is 5.91 Å². The van der Waals surface area contributed by atoms with Gasteiger partial charge in [-0.25, -0.2) is 0 Å². The quantitative estimate of drug-likeness (QED) is 0.913. The summed E-state index contributed by atoms with van der Waals surface area (Å²) < 4.78 is 38.4. The maximum absolute atomic E-state index is 12.8. The van der Waals surface area contributed by atoms with E-state index in [0.717, 1.165) is 25.2 Å². The molecule has 1 fully saturated rings. The number of nitrogens with zero attached hydrogens (tertiary/aromatic N) is 3. The molecular formula is C15H17F3N4O. The Hall–Kier alpha value is -2.27. The number of alkyl halides is 3. The molecule has 1 aliphatic heterocycles. The lowest BCUT2D eigenvalue weighted by molar-refractivity contribution is -0.137. The molecule has 1 heterocycles. The molecule has 1 aromatic rings. The highest BCUT2D eigenvalue weighted by Gasteiger charge is 2.33. The largest absolute Gasteiger partial charge is 0.417 e. The minimum atomic E-state index is -4.57. The van der Waals surface area contributed by atoms with Gasteiger partial charge < -0.3 is 15.1 Å². The van der Waals surface area contributed by atoms with E-state index in [1.807, 2.05) is 0 Å². The highest BCUT2D eigenvalue weighted by molar-refractivity contribution is 5.81. The average molecular weight is 326 g/mol. The number of nitriles is 1. The van der Waals surface area contributed by atoms with E-state index in [2.05, 4.69) is 5.32 Å². The average Bonchev–Trinajstić information content (AvgIpc) is 2.54. The van der Waals surface area contributed by atoms with Crippen molar-refractivity contribution < 1.29 is 18.0 Å². The SMILES string of the molecule is CN(CC(=O)N1CCNCC1)c1ccc(C(F)(F)F)c(C#N)c1. The molecule has 1 amide bonds. The summed E-state index contributed by atoms with van der Waals surface area (Å²) >= 11 is 0. The molecule has 0 aromatic heterocycles. The van der Waals surface area contributed by atoms with E-state index in [1.54, 1.807) is 22.9 Å². The van der Waals surface area contributed by atoms with Crippen molar-refractivity contribution in [2.75, 3.05) is 44.7 Å². The van der Waals surface area contributed by atoms with Gasteiger partial charge in [0.1, 0.15) is 0 Å². The minimum absolute atomic E-state index is 0.0518. The fourth-order valence-electron chi connectivity index (χ4n) is 2.42. The van der Waals surface area contributed by atoms with Crippen LogP contribution in [0.15, 0.2) is 18.2 Å². The van der Waals surface area contributed by atoms with Gasteiger partial charge in [-0.1, -0.05) is 0 Å². The van der Waals surface area contributed by atoms with Gasteiger partial charge in [-0.2, -0.15) is 18.4 Å². The standard InChI is InChI=1S/C15H17F3N4O/c1-21(10-14(23)22-6-4-20-5-7-22)12-2-3-13(15(16,17)18)11(8-12)9-19/h2-3,8,20H,4-7,10H2,1H3. The summed E-state index contributed by atoms with van der Waals surface area (Å²) in [6, 6.07) is 4.87. The lowest BCUT2D eigenvalue weighted by atomic mass is 10.1. The second-order valence-electron chi connectivity index (χ2n) is 5.33. The molecule has 1 saturated heterocycles. The van der Waals surface area contributed by atoms with Gasteiger partial charge >= 0.3 is 6.18 Å². The van der Waals surface area contributed by atoms with E-state index >= 15 is 0 Å². The molecule has 0 unspecified atom stereocenters. The van der Waals surface area contributed by atoms with E-state index in [1.165, 1.54) is 6.07 Å². The number of anilines is 1. The third kappa shape index (κ3) is 4.13. The molecule has 8 heteroatoms. The fraction of sp³-hybridized carbons (Fsp3) is 0.467. The number of likely N-dealkylation sites (N-methyl/N-ethyl adjacent to an activating group) is 1. The summed E-state index contributed by atoms with van der Waals surface area (Å²) in [6.45, 7) is 2.74. The van der Waals surface area contributed by atoms with E-state index in [9.17, 15) is 18.0 Å². The Kier molecular flexibility index (Phi) is 5.11. The van der Waals surface area contributed by atoms with Crippen LogP contribution in [0, 0.1) is 11.3 Å². The second kappa shape index (κ2) is 6.87. The van der Waals surface area contributed by atoms with Gasteiger partial charge in [0.15, 0.2) is 0 Å². The summed E-state index contributed by atoms with van der Waals surface area (Å²) in [7, 11) is 1.61. The first-order valence-corrected chi connectivity index (χ1v) is 7.14. The van der Waals surface area contributed by atoms with Crippen LogP contribution in [0.3, 0.4) is 0 Å². The van der Waals surface area contributed by atoms with E-state index in [-0.39, 0.29) is 12.5 Å². The van der Waals surface area contributed by atoms with Gasteiger partial charge in [0.05, 0.1) is 23.7 Å². The van der Waals surface area contributed by atoms with Crippen LogP contribution in [0.1, 0.15) is 11.1 Å². The van der Waals surface area contributed by atoms with Crippen LogP contribution in [-0.4, -0.2) is 50.6 Å². The molecule has 2 rings (SSSR count). The summed E-state index contributed by atoms with van der Waals surface area (Å²) in [4.78, 5) is 15.4. The van der Waals surface area contributed by atoms with Gasteiger partial charge in [-0.15, -0.1) is 0 Å². The Bertz CT molecular complexity index is 618. The predicted octanol–water partition coefficient (Wildman–Crippen LogP) is 1.45. The molecule has 124 valence electrons. The second-order valence-corrected chi connectivity index (χ2v) is 5.33. The van der Waals surface area contributed by atoms with Crippen molar-refractivity contribution in [3.63, 3.8) is 0 Å². The van der Waals surface area contributed by atoms with Crippen LogP contribution in [0.25, 0.3) is 0 Å². The van der Waals surface area contributed by atoms with Crippen LogP contribution in [0.2, 0.25) is 0 Å². The Morgan fingerprint density at radius 1 is 1.39 bits per heavy atom. The van der Waals surface area contributed by atoms with Gasteiger partial charge in [0, 0.05) is 38.9 Å². The molecular weight excluding hydrogens is 309 g/mol. The van der Waals surface area contributed by atoms with Crippen molar-refractivity contribution in [2.45, 2.75) is 6.18 Å². The van der Waals surface area contributed by atoms with E-state index in [0.29, 0.717) is 18.8 Å². The molecule has 1 aromatic carbocycles. The molecule has 0 radical (unpaired) electrons. The predicted molar refractivity (Wildman–Crippen MR) is 78.9 cm³/mol. The number of hydrogen-bond acceptors (Lipinski definition) is 4. The van der Waals surface area contributed by atoms with Crippen LogP contribution < -0.4 is 10.2 Å². The van der Waals surface area contributed by atoms with Gasteiger partial charge in [-0.05, 0) is 18.2 Å². The molecule has 0 atom stereocenters. The molecule has 0 aliphatic carbocycles. The van der Waals surface area contributed by atoms with Crippen molar-refractivity contribution in [1.29, 1.82) is 5.26 Å². The number of carbonyl (C=O) groups is 1. The number of rotatable bonds is 3. The smallest absolute Gasteiger partial charge is 0.365 e. The highest BCUT2D eigenvalue weighted by Crippen LogP contribution is 2.33. The lowest BCUT2D eigenvalue weighted by Crippen LogP contribution is -2.49. The van der Waals surface area contributed by atoms with Crippen LogP contribution in [0.5, 0.6) is 0 Å². The van der Waals surface area contributed by atoms with Crippen molar-refractivity contribution in [1.82, 2.24) is 10.2 Å². The molecule has 1 aliphatic rings. The third-order valence-corrected chi connectivity index (χ3v) is 3.71. The molecule has 0 spiro atoms. The van der Waals surface area contributed by atoms with Crippen LogP contribution >= 0.6 is 0 Å². The molecule has 5 nitrogen and oxygen atoms in total. The first-order valence-electron chi connectivity index (χ1n) is 7.14. The van der Waals surface area contributed by atoms with Gasteiger partial charge in [0.25, 0.3) is 0 Å². The Morgan fingerprint density at radius 3 is 2.61 bits per heavy atom. The van der Waals surface area contributed by atoms with Crippen molar-refractivity contribution >= 4 is 11.6 Å². The van der Waals surface area contributed by atoms with Crippen molar-refractivity contribution in [3.8, 4) is 6.07 Å². The topological polar surface area (TPSA) is 59.4 Å². The lowest BCUT2D eigenvalue weighted by Gasteiger charge is -2.30. The summed E-state index contributed by atoms with van der Waals surface area (Å²) in [6.07, 6.45) is -4.57. The molecule has 1 N–H and O–H groups in total.